The first-order valence-corrected chi connectivity index (χ1v) is 4.20. The lowest BCUT2D eigenvalue weighted by Gasteiger charge is -2.01. The second-order valence-electron chi connectivity index (χ2n) is 2.90. The van der Waals surface area contributed by atoms with Crippen molar-refractivity contribution in [3.63, 3.8) is 0 Å². The number of para-hydroxylation sites is 1. The van der Waals surface area contributed by atoms with Gasteiger partial charge in [-0.2, -0.15) is 5.10 Å². The first-order valence-electron chi connectivity index (χ1n) is 4.20. The van der Waals surface area contributed by atoms with E-state index in [0.29, 0.717) is 11.3 Å². The van der Waals surface area contributed by atoms with Crippen LogP contribution >= 0.6 is 0 Å². The fourth-order valence-electron chi connectivity index (χ4n) is 1.21. The largest absolute Gasteiger partial charge is 0.392 e. The molecule has 1 aromatic carbocycles. The van der Waals surface area contributed by atoms with Crippen LogP contribution in [0.25, 0.3) is 5.69 Å². The molecular formula is C10H9FN2O. The summed E-state index contributed by atoms with van der Waals surface area (Å²) in [6.07, 6.45) is 3.10. The molecule has 3 nitrogen and oxygen atoms in total. The van der Waals surface area contributed by atoms with Gasteiger partial charge in [-0.05, 0) is 12.1 Å². The van der Waals surface area contributed by atoms with Crippen molar-refractivity contribution in [2.75, 3.05) is 0 Å². The van der Waals surface area contributed by atoms with Gasteiger partial charge in [0, 0.05) is 11.8 Å². The van der Waals surface area contributed by atoms with Gasteiger partial charge in [-0.1, -0.05) is 12.1 Å². The van der Waals surface area contributed by atoms with Crippen molar-refractivity contribution in [3.8, 4) is 5.69 Å². The zero-order chi connectivity index (χ0) is 9.97. The number of benzene rings is 1. The SMILES string of the molecule is OCc1cnn(-c2ccccc2F)c1. The Morgan fingerprint density at radius 1 is 1.36 bits per heavy atom. The molecule has 2 rings (SSSR count). The monoisotopic (exact) mass is 192 g/mol. The van der Waals surface area contributed by atoms with Crippen LogP contribution in [0.15, 0.2) is 36.7 Å². The molecule has 1 N–H and O–H groups in total. The summed E-state index contributed by atoms with van der Waals surface area (Å²) < 4.78 is 14.7. The Bertz CT molecular complexity index is 439. The molecule has 0 amide bonds. The van der Waals surface area contributed by atoms with Gasteiger partial charge in [0.1, 0.15) is 11.5 Å². The summed E-state index contributed by atoms with van der Waals surface area (Å²) in [6.45, 7) is -0.0888. The first kappa shape index (κ1) is 8.90. The lowest BCUT2D eigenvalue weighted by molar-refractivity contribution is 0.282. The van der Waals surface area contributed by atoms with E-state index in [1.165, 1.54) is 16.9 Å². The summed E-state index contributed by atoms with van der Waals surface area (Å²) in [4.78, 5) is 0. The third-order valence-corrected chi connectivity index (χ3v) is 1.92. The average molecular weight is 192 g/mol. The molecule has 0 aliphatic heterocycles. The van der Waals surface area contributed by atoms with Crippen molar-refractivity contribution >= 4 is 0 Å². The molecule has 0 spiro atoms. The summed E-state index contributed by atoms with van der Waals surface area (Å²) in [7, 11) is 0. The lowest BCUT2D eigenvalue weighted by Crippen LogP contribution is -1.97. The van der Waals surface area contributed by atoms with Crippen LogP contribution in [0.1, 0.15) is 5.56 Å². The van der Waals surface area contributed by atoms with Gasteiger partial charge in [0.25, 0.3) is 0 Å². The van der Waals surface area contributed by atoms with Crippen LogP contribution in [0.5, 0.6) is 0 Å². The minimum absolute atomic E-state index is 0.0888. The molecule has 0 bridgehead atoms. The Labute approximate surface area is 80.4 Å². The van der Waals surface area contributed by atoms with E-state index < -0.39 is 0 Å². The predicted octanol–water partition coefficient (Wildman–Crippen LogP) is 1.50. The number of aliphatic hydroxyl groups is 1. The molecule has 0 aliphatic rings. The maximum atomic E-state index is 13.3. The Morgan fingerprint density at radius 2 is 2.14 bits per heavy atom. The molecule has 1 heterocycles. The number of rotatable bonds is 2. The topological polar surface area (TPSA) is 38.1 Å². The van der Waals surface area contributed by atoms with Crippen molar-refractivity contribution < 1.29 is 9.50 Å². The van der Waals surface area contributed by atoms with Crippen molar-refractivity contribution in [3.05, 3.63) is 48.0 Å². The van der Waals surface area contributed by atoms with Gasteiger partial charge in [-0.15, -0.1) is 0 Å². The number of hydrogen-bond acceptors (Lipinski definition) is 2. The fraction of sp³-hybridized carbons (Fsp3) is 0.100. The zero-order valence-electron chi connectivity index (χ0n) is 7.39. The normalized spacial score (nSPS) is 10.4. The minimum atomic E-state index is -0.333. The quantitative estimate of drug-likeness (QED) is 0.783. The summed E-state index contributed by atoms with van der Waals surface area (Å²) in [5.41, 5.74) is 1.04. The summed E-state index contributed by atoms with van der Waals surface area (Å²) in [5, 5.41) is 12.8. The maximum Gasteiger partial charge on any atom is 0.148 e. The third kappa shape index (κ3) is 1.52. The summed E-state index contributed by atoms with van der Waals surface area (Å²) in [6, 6.07) is 6.35. The van der Waals surface area contributed by atoms with E-state index in [1.807, 2.05) is 0 Å². The molecule has 4 heteroatoms. The molecule has 72 valence electrons. The van der Waals surface area contributed by atoms with Gasteiger partial charge in [-0.25, -0.2) is 9.07 Å². The number of halogens is 1. The van der Waals surface area contributed by atoms with Crippen LogP contribution in [0.3, 0.4) is 0 Å². The number of aromatic nitrogens is 2. The van der Waals surface area contributed by atoms with Crippen LogP contribution in [0, 0.1) is 5.82 Å². The maximum absolute atomic E-state index is 13.3. The van der Waals surface area contributed by atoms with Gasteiger partial charge in [0.2, 0.25) is 0 Å². The van der Waals surface area contributed by atoms with E-state index >= 15 is 0 Å². The molecule has 0 atom stereocenters. The van der Waals surface area contributed by atoms with E-state index in [2.05, 4.69) is 5.10 Å². The highest BCUT2D eigenvalue weighted by Crippen LogP contribution is 2.12. The second kappa shape index (κ2) is 3.59. The van der Waals surface area contributed by atoms with Crippen molar-refractivity contribution in [2.45, 2.75) is 6.61 Å². The smallest absolute Gasteiger partial charge is 0.148 e. The van der Waals surface area contributed by atoms with E-state index in [9.17, 15) is 4.39 Å². The molecule has 1 aromatic heterocycles. The van der Waals surface area contributed by atoms with E-state index in [0.717, 1.165) is 0 Å². The van der Waals surface area contributed by atoms with Crippen LogP contribution in [-0.4, -0.2) is 14.9 Å². The van der Waals surface area contributed by atoms with Crippen molar-refractivity contribution in [1.29, 1.82) is 0 Å². The number of hydrogen-bond donors (Lipinski definition) is 1. The number of aliphatic hydroxyl groups excluding tert-OH is 1. The highest BCUT2D eigenvalue weighted by molar-refractivity contribution is 5.32. The Hall–Kier alpha value is -1.68. The molecular weight excluding hydrogens is 183 g/mol. The summed E-state index contributed by atoms with van der Waals surface area (Å²) in [5.74, 6) is -0.333. The highest BCUT2D eigenvalue weighted by atomic mass is 19.1. The molecule has 0 saturated heterocycles. The Balaban J connectivity index is 2.44. The van der Waals surface area contributed by atoms with Crippen molar-refractivity contribution in [2.24, 2.45) is 0 Å². The summed E-state index contributed by atoms with van der Waals surface area (Å²) >= 11 is 0. The highest BCUT2D eigenvalue weighted by Gasteiger charge is 2.04. The lowest BCUT2D eigenvalue weighted by atomic mass is 10.3. The molecule has 2 aromatic rings. The standard InChI is InChI=1S/C10H9FN2O/c11-9-3-1-2-4-10(9)13-6-8(7-14)5-12-13/h1-6,14H,7H2. The van der Waals surface area contributed by atoms with Crippen LogP contribution < -0.4 is 0 Å². The predicted molar refractivity (Wildman–Crippen MR) is 49.4 cm³/mol. The van der Waals surface area contributed by atoms with Crippen molar-refractivity contribution in [1.82, 2.24) is 9.78 Å². The van der Waals surface area contributed by atoms with Gasteiger partial charge < -0.3 is 5.11 Å². The van der Waals surface area contributed by atoms with E-state index in [1.54, 1.807) is 24.4 Å². The third-order valence-electron chi connectivity index (χ3n) is 1.92. The Morgan fingerprint density at radius 3 is 2.79 bits per heavy atom. The molecule has 0 aliphatic carbocycles. The average Bonchev–Trinajstić information content (AvgIpc) is 2.67. The second-order valence-corrected chi connectivity index (χ2v) is 2.90. The fourth-order valence-corrected chi connectivity index (χ4v) is 1.21. The van der Waals surface area contributed by atoms with E-state index in [-0.39, 0.29) is 12.4 Å². The van der Waals surface area contributed by atoms with Crippen LogP contribution in [-0.2, 0) is 6.61 Å². The van der Waals surface area contributed by atoms with Gasteiger partial charge in [0.05, 0.1) is 12.8 Å². The molecule has 0 radical (unpaired) electrons. The van der Waals surface area contributed by atoms with Gasteiger partial charge in [-0.3, -0.25) is 0 Å². The van der Waals surface area contributed by atoms with Gasteiger partial charge in [0.15, 0.2) is 0 Å². The number of nitrogens with zero attached hydrogens (tertiary/aromatic N) is 2. The zero-order valence-corrected chi connectivity index (χ0v) is 7.39. The first-order chi connectivity index (χ1) is 6.81. The minimum Gasteiger partial charge on any atom is -0.392 e. The molecule has 0 fully saturated rings. The molecule has 0 saturated carbocycles. The molecule has 14 heavy (non-hydrogen) atoms. The Kier molecular flexibility index (Phi) is 2.28. The van der Waals surface area contributed by atoms with Crippen LogP contribution in [0.2, 0.25) is 0 Å². The van der Waals surface area contributed by atoms with Crippen LogP contribution in [0.4, 0.5) is 4.39 Å². The van der Waals surface area contributed by atoms with Gasteiger partial charge >= 0.3 is 0 Å². The van der Waals surface area contributed by atoms with E-state index in [4.69, 9.17) is 5.11 Å². The molecule has 0 unspecified atom stereocenters.